The van der Waals surface area contributed by atoms with Gasteiger partial charge in [-0.15, -0.1) is 0 Å². The molecule has 0 aliphatic carbocycles. The Morgan fingerprint density at radius 1 is 1.20 bits per heavy atom. The Morgan fingerprint density at radius 2 is 2.00 bits per heavy atom. The van der Waals surface area contributed by atoms with E-state index in [0.717, 1.165) is 24.5 Å². The van der Waals surface area contributed by atoms with Gasteiger partial charge >= 0.3 is 0 Å². The molecule has 0 N–H and O–H groups in total. The van der Waals surface area contributed by atoms with Crippen LogP contribution in [-0.2, 0) is 6.54 Å². The van der Waals surface area contributed by atoms with E-state index in [2.05, 4.69) is 4.99 Å². The number of nitriles is 1. The van der Waals surface area contributed by atoms with Crippen molar-refractivity contribution in [1.29, 1.82) is 5.26 Å². The molecule has 0 unspecified atom stereocenters. The maximum absolute atomic E-state index is 13.3. The molecular weight excluding hydrogens is 448 g/mol. The molecule has 0 aliphatic rings. The number of hydrogen-bond acceptors (Lipinski definition) is 6. The van der Waals surface area contributed by atoms with E-state index in [1.54, 1.807) is 16.8 Å². The van der Waals surface area contributed by atoms with Crippen molar-refractivity contribution in [2.45, 2.75) is 39.7 Å². The zero-order valence-electron chi connectivity index (χ0n) is 19.3. The van der Waals surface area contributed by atoms with E-state index in [-0.39, 0.29) is 33.2 Å². The van der Waals surface area contributed by atoms with Crippen LogP contribution in [0.3, 0.4) is 0 Å². The lowest BCUT2D eigenvalue weighted by Crippen LogP contribution is -2.29. The number of aromatic nitrogens is 3. The van der Waals surface area contributed by atoms with Crippen LogP contribution in [0.15, 0.2) is 58.4 Å². The van der Waals surface area contributed by atoms with Gasteiger partial charge < -0.3 is 4.57 Å². The Kier molecular flexibility index (Phi) is 6.51. The van der Waals surface area contributed by atoms with Crippen molar-refractivity contribution in [2.75, 3.05) is 0 Å². The first-order valence-corrected chi connectivity index (χ1v) is 11.1. The number of fused-ring (bicyclic) bond motifs is 2. The van der Waals surface area contributed by atoms with Gasteiger partial charge in [0.15, 0.2) is 5.49 Å². The fourth-order valence-electron chi connectivity index (χ4n) is 3.93. The molecule has 0 atom stereocenters. The van der Waals surface area contributed by atoms with E-state index in [9.17, 15) is 25.0 Å². The number of aryl methyl sites for hydroxylation is 2. The third-order valence-electron chi connectivity index (χ3n) is 5.72. The molecule has 35 heavy (non-hydrogen) atoms. The van der Waals surface area contributed by atoms with Crippen molar-refractivity contribution in [1.82, 2.24) is 14.0 Å². The number of hydrogen-bond donors (Lipinski definition) is 0. The second-order valence-corrected chi connectivity index (χ2v) is 8.12. The lowest BCUT2D eigenvalue weighted by molar-refractivity contribution is -0.384. The van der Waals surface area contributed by atoms with Crippen molar-refractivity contribution in [2.24, 2.45) is 4.99 Å². The molecule has 0 spiro atoms. The number of nitrogens with zero attached hydrogens (tertiary/aromatic N) is 6. The third kappa shape index (κ3) is 4.44. The number of non-ortho nitro benzene ring substituents is 1. The first-order chi connectivity index (χ1) is 16.8. The molecule has 4 aromatic rings. The molecule has 4 rings (SSSR count). The summed E-state index contributed by atoms with van der Waals surface area (Å²) in [4.78, 5) is 45.7. The highest BCUT2D eigenvalue weighted by atomic mass is 16.6. The molecule has 3 aromatic heterocycles. The minimum atomic E-state index is -0.734. The first-order valence-electron chi connectivity index (χ1n) is 11.1. The largest absolute Gasteiger partial charge is 0.309 e. The van der Waals surface area contributed by atoms with E-state index >= 15 is 0 Å². The van der Waals surface area contributed by atoms with E-state index < -0.39 is 10.8 Å². The summed E-state index contributed by atoms with van der Waals surface area (Å²) >= 11 is 0. The van der Waals surface area contributed by atoms with Gasteiger partial charge in [0.25, 0.3) is 17.2 Å². The van der Waals surface area contributed by atoms with Gasteiger partial charge in [-0.2, -0.15) is 10.3 Å². The Labute approximate surface area is 199 Å². The Hall–Kier alpha value is -4.65. The number of unbranched alkanes of at least 4 members (excludes halogenated alkanes) is 2. The van der Waals surface area contributed by atoms with Gasteiger partial charge in [-0.3, -0.25) is 24.1 Å². The summed E-state index contributed by atoms with van der Waals surface area (Å²) in [6.07, 6.45) is 4.16. The topological polar surface area (TPSA) is 136 Å². The number of carbonyl (C=O) groups excluding carboxylic acids is 1. The van der Waals surface area contributed by atoms with Crippen LogP contribution in [0.25, 0.3) is 16.7 Å². The number of benzene rings is 1. The van der Waals surface area contributed by atoms with Crippen molar-refractivity contribution in [3.63, 3.8) is 0 Å². The number of pyridine rings is 2. The van der Waals surface area contributed by atoms with Crippen LogP contribution in [0.1, 0.15) is 47.7 Å². The average Bonchev–Trinajstić information content (AvgIpc) is 2.86. The molecule has 0 saturated heterocycles. The lowest BCUT2D eigenvalue weighted by atomic mass is 10.2. The maximum atomic E-state index is 13.3. The highest BCUT2D eigenvalue weighted by Crippen LogP contribution is 2.16. The normalized spacial score (nSPS) is 11.6. The summed E-state index contributed by atoms with van der Waals surface area (Å²) in [6, 6.07) is 12.3. The van der Waals surface area contributed by atoms with Crippen LogP contribution in [0, 0.1) is 28.4 Å². The predicted octanol–water partition coefficient (Wildman–Crippen LogP) is 3.67. The van der Waals surface area contributed by atoms with E-state index in [4.69, 9.17) is 4.98 Å². The number of carbonyl (C=O) groups is 1. The second-order valence-electron chi connectivity index (χ2n) is 8.12. The van der Waals surface area contributed by atoms with Gasteiger partial charge in [0, 0.05) is 30.4 Å². The van der Waals surface area contributed by atoms with E-state index in [1.165, 1.54) is 28.7 Å². The standard InChI is InChI=1S/C25H22N6O4/c1-3-4-5-11-29-22(28-24(32)17-9-6-10-19(13-17)31(34)35)18(15-26)14-20-23(29)27-21-16(2)8-7-12-30(21)25(20)33/h6-10,12-14H,3-5,11H2,1-2H3. The number of rotatable bonds is 6. The Balaban J connectivity index is 2.05. The fourth-order valence-corrected chi connectivity index (χ4v) is 3.93. The van der Waals surface area contributed by atoms with Crippen molar-refractivity contribution < 1.29 is 9.72 Å². The quantitative estimate of drug-likeness (QED) is 0.183. The molecule has 10 heteroatoms. The molecule has 176 valence electrons. The molecule has 10 nitrogen and oxygen atoms in total. The summed E-state index contributed by atoms with van der Waals surface area (Å²) < 4.78 is 3.06. The lowest BCUT2D eigenvalue weighted by Gasteiger charge is -2.14. The maximum Gasteiger partial charge on any atom is 0.279 e. The fraction of sp³-hybridized carbons (Fsp3) is 0.240. The monoisotopic (exact) mass is 470 g/mol. The smallest absolute Gasteiger partial charge is 0.279 e. The van der Waals surface area contributed by atoms with Crippen LogP contribution >= 0.6 is 0 Å². The molecular formula is C25H22N6O4. The summed E-state index contributed by atoms with van der Waals surface area (Å²) in [7, 11) is 0. The van der Waals surface area contributed by atoms with Gasteiger partial charge in [-0.1, -0.05) is 31.9 Å². The average molecular weight is 470 g/mol. The van der Waals surface area contributed by atoms with Gasteiger partial charge in [0.1, 0.15) is 17.4 Å². The van der Waals surface area contributed by atoms with Gasteiger partial charge in [-0.05, 0) is 37.1 Å². The van der Waals surface area contributed by atoms with Crippen molar-refractivity contribution in [3.05, 3.63) is 91.3 Å². The minimum absolute atomic E-state index is 0.0191. The summed E-state index contributed by atoms with van der Waals surface area (Å²) in [5, 5.41) is 21.2. The molecule has 1 aromatic carbocycles. The third-order valence-corrected chi connectivity index (χ3v) is 5.72. The highest BCUT2D eigenvalue weighted by Gasteiger charge is 2.17. The zero-order chi connectivity index (χ0) is 25.1. The van der Waals surface area contributed by atoms with Gasteiger partial charge in [0.05, 0.1) is 15.9 Å². The molecule has 0 bridgehead atoms. The van der Waals surface area contributed by atoms with Crippen LogP contribution in [0.5, 0.6) is 0 Å². The van der Waals surface area contributed by atoms with Crippen LogP contribution in [0.4, 0.5) is 5.69 Å². The highest BCUT2D eigenvalue weighted by molar-refractivity contribution is 5.95. The van der Waals surface area contributed by atoms with E-state index in [1.807, 2.05) is 26.0 Å². The van der Waals surface area contributed by atoms with Gasteiger partial charge in [0.2, 0.25) is 0 Å². The molecule has 0 fully saturated rings. The Morgan fingerprint density at radius 3 is 2.71 bits per heavy atom. The van der Waals surface area contributed by atoms with Crippen LogP contribution < -0.4 is 11.0 Å². The molecule has 3 heterocycles. The SMILES string of the molecule is CCCCCn1c(=NC(=O)c2cccc([N+](=O)[O-])c2)c(C#N)cc2c(=O)n3cccc(C)c3nc21. The first kappa shape index (κ1) is 23.5. The molecule has 0 aliphatic heterocycles. The Bertz CT molecular complexity index is 1660. The van der Waals surface area contributed by atoms with Crippen molar-refractivity contribution >= 4 is 28.3 Å². The number of amides is 1. The van der Waals surface area contributed by atoms with Crippen LogP contribution in [0.2, 0.25) is 0 Å². The summed E-state index contributed by atoms with van der Waals surface area (Å²) in [5.74, 6) is -0.734. The summed E-state index contributed by atoms with van der Waals surface area (Å²) in [5.41, 5.74) is 1.15. The van der Waals surface area contributed by atoms with Crippen molar-refractivity contribution in [3.8, 4) is 6.07 Å². The number of nitro groups is 1. The second kappa shape index (κ2) is 9.69. The number of nitro benzene ring substituents is 1. The molecule has 0 radical (unpaired) electrons. The molecule has 1 amide bonds. The molecule has 0 saturated carbocycles. The minimum Gasteiger partial charge on any atom is -0.309 e. The van der Waals surface area contributed by atoms with Gasteiger partial charge in [-0.25, -0.2) is 4.98 Å². The summed E-state index contributed by atoms with van der Waals surface area (Å²) in [6.45, 7) is 4.28. The van der Waals surface area contributed by atoms with Crippen LogP contribution in [-0.4, -0.2) is 24.8 Å². The zero-order valence-corrected chi connectivity index (χ0v) is 19.3. The predicted molar refractivity (Wildman–Crippen MR) is 129 cm³/mol. The van der Waals surface area contributed by atoms with E-state index in [0.29, 0.717) is 24.3 Å².